The molecule has 0 bridgehead atoms. The SMILES string of the molecule is F.[Gd].[H-].[H-].[K+].[Li+]. The molecule has 4 heavy (non-hydrogen) atoms. The second-order valence-electron chi connectivity index (χ2n) is 0. The van der Waals surface area contributed by atoms with Gasteiger partial charge in [0.1, 0.15) is 0 Å². The molecular formula is H3FGdKLi. The van der Waals surface area contributed by atoms with Crippen molar-refractivity contribution in [3.8, 4) is 0 Å². The Morgan fingerprint density at radius 2 is 1.25 bits per heavy atom. The maximum atomic E-state index is 0. The Kier molecular flexibility index (Phi) is 104. The molecular weight excluding hydrogens is 222 g/mol. The van der Waals surface area contributed by atoms with Crippen LogP contribution in [0, 0.1) is 39.9 Å². The minimum absolute atomic E-state index is 0. The second kappa shape index (κ2) is 16.1. The second-order valence-corrected chi connectivity index (χ2v) is 0. The summed E-state index contributed by atoms with van der Waals surface area (Å²) in [6.07, 6.45) is 0. The average Bonchev–Trinajstić information content (AvgIpc) is 0. The average molecular weight is 225 g/mol. The molecule has 0 nitrogen and oxygen atoms in total. The van der Waals surface area contributed by atoms with Crippen LogP contribution < -0.4 is 70.2 Å². The summed E-state index contributed by atoms with van der Waals surface area (Å²) in [5.41, 5.74) is 0. The van der Waals surface area contributed by atoms with Crippen LogP contribution >= 0.6 is 0 Å². The fourth-order valence-electron chi connectivity index (χ4n) is 0. The summed E-state index contributed by atoms with van der Waals surface area (Å²) in [5.74, 6) is 0. The van der Waals surface area contributed by atoms with E-state index >= 15 is 0 Å². The predicted octanol–water partition coefficient (Wildman–Crippen LogP) is -5.61. The molecule has 0 aromatic carbocycles. The Bertz CT molecular complexity index is 13.5. The molecule has 0 aliphatic heterocycles. The minimum atomic E-state index is 0. The van der Waals surface area contributed by atoms with Crippen molar-refractivity contribution in [2.75, 3.05) is 0 Å². The van der Waals surface area contributed by atoms with Crippen molar-refractivity contribution in [2.24, 2.45) is 0 Å². The van der Waals surface area contributed by atoms with Crippen LogP contribution in [-0.4, -0.2) is 0 Å². The van der Waals surface area contributed by atoms with E-state index < -0.39 is 0 Å². The maximum Gasteiger partial charge on any atom is 1.00 e. The van der Waals surface area contributed by atoms with Crippen LogP contribution in [-0.2, 0) is 0 Å². The van der Waals surface area contributed by atoms with Crippen molar-refractivity contribution in [3.63, 3.8) is 0 Å². The molecule has 0 aliphatic rings. The van der Waals surface area contributed by atoms with E-state index in [0.29, 0.717) is 0 Å². The first-order valence-electron chi connectivity index (χ1n) is 0. The van der Waals surface area contributed by atoms with Gasteiger partial charge in [0.15, 0.2) is 0 Å². The van der Waals surface area contributed by atoms with Crippen LogP contribution in [0.4, 0.5) is 4.70 Å². The Morgan fingerprint density at radius 1 is 1.25 bits per heavy atom. The third kappa shape index (κ3) is 9.09. The van der Waals surface area contributed by atoms with Gasteiger partial charge in [0.25, 0.3) is 0 Å². The fourth-order valence-corrected chi connectivity index (χ4v) is 0. The van der Waals surface area contributed by atoms with E-state index in [1.807, 2.05) is 0 Å². The summed E-state index contributed by atoms with van der Waals surface area (Å²) in [6, 6.07) is 0. The van der Waals surface area contributed by atoms with E-state index in [1.165, 1.54) is 0 Å². The predicted molar refractivity (Wildman–Crippen MR) is 4.73 cm³/mol. The molecule has 0 unspecified atom stereocenters. The molecule has 0 fully saturated rings. The first-order chi connectivity index (χ1) is 0. The van der Waals surface area contributed by atoms with Crippen LogP contribution in [0.5, 0.6) is 0 Å². The summed E-state index contributed by atoms with van der Waals surface area (Å²) in [6.45, 7) is 0. The number of halogens is 1. The normalized spacial score (nSPS) is 0. The summed E-state index contributed by atoms with van der Waals surface area (Å²) < 4.78 is 0. The van der Waals surface area contributed by atoms with Crippen molar-refractivity contribution in [1.82, 2.24) is 0 Å². The van der Waals surface area contributed by atoms with Gasteiger partial charge in [0.2, 0.25) is 0 Å². The third-order valence-electron chi connectivity index (χ3n) is 0. The van der Waals surface area contributed by atoms with Gasteiger partial charge in [-0.3, -0.25) is 4.70 Å². The van der Waals surface area contributed by atoms with Crippen molar-refractivity contribution in [2.45, 2.75) is 0 Å². The molecule has 0 heterocycles. The summed E-state index contributed by atoms with van der Waals surface area (Å²) in [7, 11) is 0. The molecule has 0 rings (SSSR count). The Hall–Kier alpha value is 3.49. The maximum absolute atomic E-state index is 0. The van der Waals surface area contributed by atoms with E-state index in [-0.39, 0.29) is 118 Å². The first-order valence-corrected chi connectivity index (χ1v) is 0. The molecule has 0 aromatic heterocycles. The van der Waals surface area contributed by atoms with Gasteiger partial charge in [-0.05, 0) is 0 Å². The smallest absolute Gasteiger partial charge is 1.00 e. The Balaban J connectivity index is 0. The minimum Gasteiger partial charge on any atom is -1.00 e. The molecule has 0 N–H and O–H groups in total. The molecule has 0 aromatic rings. The van der Waals surface area contributed by atoms with Gasteiger partial charge in [-0.1, -0.05) is 0 Å². The van der Waals surface area contributed by atoms with Crippen LogP contribution in [0.25, 0.3) is 0 Å². The summed E-state index contributed by atoms with van der Waals surface area (Å²) in [4.78, 5) is 0. The number of hydrogen-bond donors (Lipinski definition) is 0. The van der Waals surface area contributed by atoms with Crippen LogP contribution in [0.3, 0.4) is 0 Å². The number of hydrogen-bond acceptors (Lipinski definition) is 0. The summed E-state index contributed by atoms with van der Waals surface area (Å²) >= 11 is 0. The van der Waals surface area contributed by atoms with Crippen LogP contribution in [0.1, 0.15) is 2.85 Å². The molecule has 0 amide bonds. The van der Waals surface area contributed by atoms with E-state index in [1.54, 1.807) is 0 Å². The van der Waals surface area contributed by atoms with E-state index in [4.69, 9.17) is 0 Å². The van der Waals surface area contributed by atoms with Gasteiger partial charge in [-0.2, -0.15) is 0 Å². The van der Waals surface area contributed by atoms with Crippen LogP contribution in [0.2, 0.25) is 0 Å². The number of rotatable bonds is 0. The van der Waals surface area contributed by atoms with Gasteiger partial charge in [0, 0.05) is 39.9 Å². The Labute approximate surface area is 114 Å². The third-order valence-corrected chi connectivity index (χ3v) is 0. The van der Waals surface area contributed by atoms with Crippen molar-refractivity contribution in [1.29, 1.82) is 0 Å². The zero-order valence-electron chi connectivity index (χ0n) is 4.76. The van der Waals surface area contributed by atoms with E-state index in [9.17, 15) is 0 Å². The van der Waals surface area contributed by atoms with Crippen molar-refractivity contribution >= 4 is 0 Å². The largest absolute Gasteiger partial charge is 1.00 e. The van der Waals surface area contributed by atoms with Gasteiger partial charge in [-0.25, -0.2) is 0 Å². The quantitative estimate of drug-likeness (QED) is 0.361. The first kappa shape index (κ1) is 25.9. The molecule has 0 saturated heterocycles. The monoisotopic (exact) mass is 226 g/mol. The molecule has 4 heteroatoms. The van der Waals surface area contributed by atoms with Crippen molar-refractivity contribution < 1.29 is 118 Å². The van der Waals surface area contributed by atoms with Crippen LogP contribution in [0.15, 0.2) is 0 Å². The van der Waals surface area contributed by atoms with Gasteiger partial charge in [-0.15, -0.1) is 0 Å². The van der Waals surface area contributed by atoms with Gasteiger partial charge in [0.05, 0.1) is 0 Å². The van der Waals surface area contributed by atoms with Gasteiger partial charge < -0.3 is 2.85 Å². The Morgan fingerprint density at radius 3 is 1.25 bits per heavy atom. The standard InChI is InChI=1S/FH.Gd.K.Li.2H/h1H;;;;;/q;;2*+1;2*-1. The topological polar surface area (TPSA) is 0 Å². The fraction of sp³-hybridized carbons (Fsp3) is 0. The molecule has 0 saturated carbocycles. The van der Waals surface area contributed by atoms with E-state index in [2.05, 4.69) is 0 Å². The zero-order chi connectivity index (χ0) is 0. The van der Waals surface area contributed by atoms with Gasteiger partial charge >= 0.3 is 70.2 Å². The zero-order valence-corrected chi connectivity index (χ0v) is 8.15. The molecule has 20 valence electrons. The molecule has 0 atom stereocenters. The van der Waals surface area contributed by atoms with Crippen molar-refractivity contribution in [3.05, 3.63) is 0 Å². The van der Waals surface area contributed by atoms with E-state index in [0.717, 1.165) is 0 Å². The molecule has 0 spiro atoms. The molecule has 0 radical (unpaired) electrons. The summed E-state index contributed by atoms with van der Waals surface area (Å²) in [5, 5.41) is 0. The molecule has 0 aliphatic carbocycles.